The highest BCUT2D eigenvalue weighted by atomic mass is 16.8. The average Bonchev–Trinajstić information content (AvgIpc) is 2.17. The van der Waals surface area contributed by atoms with Gasteiger partial charge < -0.3 is 14.6 Å². The van der Waals surface area contributed by atoms with Crippen molar-refractivity contribution in [1.82, 2.24) is 0 Å². The Morgan fingerprint density at radius 3 is 2.69 bits per heavy atom. The quantitative estimate of drug-likeness (QED) is 0.598. The Hall–Kier alpha value is -0.770. The lowest BCUT2D eigenvalue weighted by atomic mass is 9.75. The summed E-state index contributed by atoms with van der Waals surface area (Å²) in [6.07, 6.45) is 2.35. The van der Waals surface area contributed by atoms with E-state index in [1.54, 1.807) is 0 Å². The first-order valence-corrected chi connectivity index (χ1v) is 5.98. The van der Waals surface area contributed by atoms with E-state index in [0.29, 0.717) is 17.8 Å². The van der Waals surface area contributed by atoms with Crippen molar-refractivity contribution < 1.29 is 19.4 Å². The van der Waals surface area contributed by atoms with E-state index in [9.17, 15) is 4.79 Å². The molecular weight excluding hydrogens is 208 g/mol. The number of hydrogen-bond acceptors (Lipinski definition) is 4. The summed E-state index contributed by atoms with van der Waals surface area (Å²) in [7, 11) is 0. The lowest BCUT2D eigenvalue weighted by Gasteiger charge is -2.36. The van der Waals surface area contributed by atoms with Gasteiger partial charge in [0.15, 0.2) is 6.79 Å². The predicted octanol–water partition coefficient (Wildman–Crippen LogP) is 2.55. The fourth-order valence-corrected chi connectivity index (χ4v) is 2.46. The average molecular weight is 230 g/mol. The van der Waals surface area contributed by atoms with Crippen molar-refractivity contribution >= 4 is 6.16 Å². The Labute approximate surface area is 96.9 Å². The van der Waals surface area contributed by atoms with Gasteiger partial charge in [-0.3, -0.25) is 0 Å². The molecule has 1 aliphatic rings. The summed E-state index contributed by atoms with van der Waals surface area (Å²) < 4.78 is 9.66. The van der Waals surface area contributed by atoms with Gasteiger partial charge in [0.1, 0.15) is 6.10 Å². The number of rotatable bonds is 3. The molecule has 0 heterocycles. The van der Waals surface area contributed by atoms with Crippen LogP contribution in [0.2, 0.25) is 0 Å². The van der Waals surface area contributed by atoms with Crippen molar-refractivity contribution in [3.63, 3.8) is 0 Å². The molecule has 0 radical (unpaired) electrons. The third-order valence-corrected chi connectivity index (χ3v) is 3.39. The molecular formula is C12H22O4. The zero-order valence-electron chi connectivity index (χ0n) is 10.3. The van der Waals surface area contributed by atoms with Gasteiger partial charge in [-0.2, -0.15) is 0 Å². The summed E-state index contributed by atoms with van der Waals surface area (Å²) in [6, 6.07) is 0. The second-order valence-electron chi connectivity index (χ2n) is 5.01. The van der Waals surface area contributed by atoms with Crippen molar-refractivity contribution in [2.45, 2.75) is 46.1 Å². The van der Waals surface area contributed by atoms with E-state index in [1.165, 1.54) is 6.42 Å². The van der Waals surface area contributed by atoms with Crippen LogP contribution in [0.5, 0.6) is 0 Å². The van der Waals surface area contributed by atoms with Gasteiger partial charge in [0, 0.05) is 0 Å². The number of hydrogen-bond donors (Lipinski definition) is 1. The monoisotopic (exact) mass is 230 g/mol. The SMILES string of the molecule is CC(C)C1CC[C@@H](C)C[C@H]1OC(=O)OCO. The van der Waals surface area contributed by atoms with Gasteiger partial charge in [-0.25, -0.2) is 4.79 Å². The lowest BCUT2D eigenvalue weighted by molar-refractivity contribution is -0.0562. The Kier molecular flexibility index (Phi) is 5.06. The maximum Gasteiger partial charge on any atom is 0.510 e. The van der Waals surface area contributed by atoms with Crippen LogP contribution in [0, 0.1) is 17.8 Å². The Morgan fingerprint density at radius 2 is 2.12 bits per heavy atom. The van der Waals surface area contributed by atoms with Crippen molar-refractivity contribution in [3.05, 3.63) is 0 Å². The Bertz CT molecular complexity index is 227. The molecule has 0 bridgehead atoms. The van der Waals surface area contributed by atoms with Gasteiger partial charge in [-0.1, -0.05) is 27.2 Å². The van der Waals surface area contributed by atoms with Crippen LogP contribution in [0.4, 0.5) is 4.79 Å². The molecule has 0 aromatic rings. The predicted molar refractivity (Wildman–Crippen MR) is 59.8 cm³/mol. The van der Waals surface area contributed by atoms with Gasteiger partial charge in [0.25, 0.3) is 0 Å². The van der Waals surface area contributed by atoms with Crippen molar-refractivity contribution in [2.24, 2.45) is 17.8 Å². The molecule has 0 spiro atoms. The molecule has 1 N–H and O–H groups in total. The van der Waals surface area contributed by atoms with E-state index in [2.05, 4.69) is 25.5 Å². The molecule has 1 unspecified atom stereocenters. The highest BCUT2D eigenvalue weighted by molar-refractivity contribution is 5.60. The molecule has 1 aliphatic carbocycles. The summed E-state index contributed by atoms with van der Waals surface area (Å²) in [5.74, 6) is 1.49. The number of ether oxygens (including phenoxy) is 2. The normalized spacial score (nSPS) is 30.2. The van der Waals surface area contributed by atoms with Crippen molar-refractivity contribution in [1.29, 1.82) is 0 Å². The molecule has 3 atom stereocenters. The first-order valence-electron chi connectivity index (χ1n) is 5.98. The summed E-state index contributed by atoms with van der Waals surface area (Å²) in [4.78, 5) is 11.2. The van der Waals surface area contributed by atoms with E-state index in [4.69, 9.17) is 9.84 Å². The Morgan fingerprint density at radius 1 is 1.44 bits per heavy atom. The lowest BCUT2D eigenvalue weighted by Crippen LogP contribution is -2.36. The summed E-state index contributed by atoms with van der Waals surface area (Å²) in [5.41, 5.74) is 0. The van der Waals surface area contributed by atoms with Gasteiger partial charge in [-0.05, 0) is 30.6 Å². The number of carbonyl (C=O) groups excluding carboxylic acids is 1. The summed E-state index contributed by atoms with van der Waals surface area (Å²) in [5, 5.41) is 8.47. The second kappa shape index (κ2) is 6.09. The largest absolute Gasteiger partial charge is 0.510 e. The fourth-order valence-electron chi connectivity index (χ4n) is 2.46. The molecule has 1 rings (SSSR count). The van der Waals surface area contributed by atoms with Crippen LogP contribution in [0.25, 0.3) is 0 Å². The molecule has 4 heteroatoms. The zero-order valence-corrected chi connectivity index (χ0v) is 10.3. The minimum absolute atomic E-state index is 0.0669. The van der Waals surface area contributed by atoms with Crippen LogP contribution in [-0.2, 0) is 9.47 Å². The van der Waals surface area contributed by atoms with Crippen LogP contribution in [0.3, 0.4) is 0 Å². The highest BCUT2D eigenvalue weighted by Crippen LogP contribution is 2.35. The third kappa shape index (κ3) is 3.67. The number of aliphatic hydroxyl groups is 1. The molecule has 1 saturated carbocycles. The maximum absolute atomic E-state index is 11.2. The molecule has 0 aliphatic heterocycles. The Balaban J connectivity index is 2.54. The van der Waals surface area contributed by atoms with E-state index in [1.807, 2.05) is 0 Å². The first kappa shape index (κ1) is 13.3. The van der Waals surface area contributed by atoms with Gasteiger partial charge >= 0.3 is 6.16 Å². The molecule has 1 fully saturated rings. The zero-order chi connectivity index (χ0) is 12.1. The molecule has 4 nitrogen and oxygen atoms in total. The molecule has 0 aromatic carbocycles. The molecule has 0 saturated heterocycles. The second-order valence-corrected chi connectivity index (χ2v) is 5.01. The first-order chi connectivity index (χ1) is 7.54. The highest BCUT2D eigenvalue weighted by Gasteiger charge is 2.33. The molecule has 0 aromatic heterocycles. The van der Waals surface area contributed by atoms with Crippen LogP contribution in [0.1, 0.15) is 40.0 Å². The minimum Gasteiger partial charge on any atom is -0.431 e. The smallest absolute Gasteiger partial charge is 0.431 e. The summed E-state index contributed by atoms with van der Waals surface area (Å²) in [6.45, 7) is 5.85. The fraction of sp³-hybridized carbons (Fsp3) is 0.917. The van der Waals surface area contributed by atoms with Crippen molar-refractivity contribution in [3.8, 4) is 0 Å². The maximum atomic E-state index is 11.2. The third-order valence-electron chi connectivity index (χ3n) is 3.39. The molecule has 94 valence electrons. The van der Waals surface area contributed by atoms with Crippen LogP contribution in [-0.4, -0.2) is 24.2 Å². The van der Waals surface area contributed by atoms with E-state index in [-0.39, 0.29) is 6.10 Å². The van der Waals surface area contributed by atoms with Crippen LogP contribution in [0.15, 0.2) is 0 Å². The van der Waals surface area contributed by atoms with E-state index >= 15 is 0 Å². The minimum atomic E-state index is -0.757. The van der Waals surface area contributed by atoms with Crippen molar-refractivity contribution in [2.75, 3.05) is 6.79 Å². The standard InChI is InChI=1S/C12H22O4/c1-8(2)10-5-4-9(3)6-11(10)16-12(14)15-7-13/h8-11,13H,4-7H2,1-3H3/t9-,10?,11-/m1/s1. The van der Waals surface area contributed by atoms with E-state index in [0.717, 1.165) is 12.8 Å². The van der Waals surface area contributed by atoms with E-state index < -0.39 is 12.9 Å². The summed E-state index contributed by atoms with van der Waals surface area (Å²) >= 11 is 0. The van der Waals surface area contributed by atoms with Gasteiger partial charge in [0.05, 0.1) is 0 Å². The van der Waals surface area contributed by atoms with Gasteiger partial charge in [-0.15, -0.1) is 0 Å². The topological polar surface area (TPSA) is 55.8 Å². The number of aliphatic hydroxyl groups excluding tert-OH is 1. The molecule has 0 amide bonds. The van der Waals surface area contributed by atoms with Crippen LogP contribution >= 0.6 is 0 Å². The number of carbonyl (C=O) groups is 1. The van der Waals surface area contributed by atoms with Crippen LogP contribution < -0.4 is 0 Å². The molecule has 16 heavy (non-hydrogen) atoms. The van der Waals surface area contributed by atoms with Gasteiger partial charge in [0.2, 0.25) is 0 Å².